The highest BCUT2D eigenvalue weighted by molar-refractivity contribution is 9.10. The number of halogens is 1. The monoisotopic (exact) mass is 328 g/mol. The van der Waals surface area contributed by atoms with Gasteiger partial charge in [-0.15, -0.1) is 0 Å². The van der Waals surface area contributed by atoms with Crippen LogP contribution >= 0.6 is 15.9 Å². The molecule has 0 saturated heterocycles. The molecule has 0 unspecified atom stereocenters. The summed E-state index contributed by atoms with van der Waals surface area (Å²) in [4.78, 5) is 33.5. The van der Waals surface area contributed by atoms with E-state index in [0.717, 1.165) is 10.0 Å². The van der Waals surface area contributed by atoms with E-state index in [2.05, 4.69) is 21.2 Å². The van der Waals surface area contributed by atoms with Crippen LogP contribution in [-0.4, -0.2) is 28.9 Å². The Morgan fingerprint density at radius 2 is 2.05 bits per heavy atom. The molecule has 1 aromatic rings. The summed E-state index contributed by atoms with van der Waals surface area (Å²) in [6.45, 7) is 1.80. The molecule has 0 fully saturated rings. The van der Waals surface area contributed by atoms with Gasteiger partial charge in [0.05, 0.1) is 6.42 Å². The Morgan fingerprint density at radius 1 is 1.42 bits per heavy atom. The second kappa shape index (κ2) is 6.33. The number of carbonyl (C=O) groups excluding carboxylic acids is 2. The molecule has 0 aromatic heterocycles. The van der Waals surface area contributed by atoms with Gasteiger partial charge in [0, 0.05) is 10.0 Å². The zero-order chi connectivity index (χ0) is 14.6. The smallest absolute Gasteiger partial charge is 0.326 e. The standard InChI is InChI=1S/C12H13BrN2O4/c1-6-4-7(2-3-8(6)13)11(17)15-9(12(18)19)5-10(14)16/h2-4,9H,5H2,1H3,(H2,14,16)(H,15,17)(H,18,19)/t9-/m1/s1. The first-order valence-corrected chi connectivity index (χ1v) is 6.18. The minimum absolute atomic E-state index is 0.316. The van der Waals surface area contributed by atoms with Gasteiger partial charge in [0.2, 0.25) is 5.91 Å². The highest BCUT2D eigenvalue weighted by Crippen LogP contribution is 2.17. The van der Waals surface area contributed by atoms with Crippen LogP contribution in [0.3, 0.4) is 0 Å². The molecule has 1 rings (SSSR count). The maximum absolute atomic E-state index is 11.9. The lowest BCUT2D eigenvalue weighted by Gasteiger charge is -2.13. The molecule has 1 aromatic carbocycles. The molecule has 7 heteroatoms. The second-order valence-electron chi connectivity index (χ2n) is 4.00. The first-order valence-electron chi connectivity index (χ1n) is 5.39. The lowest BCUT2D eigenvalue weighted by molar-refractivity contribution is -0.140. The second-order valence-corrected chi connectivity index (χ2v) is 4.85. The Hall–Kier alpha value is -1.89. The SMILES string of the molecule is Cc1cc(C(=O)N[C@H](CC(N)=O)C(=O)O)ccc1Br. The summed E-state index contributed by atoms with van der Waals surface area (Å²) < 4.78 is 0.843. The molecule has 0 bridgehead atoms. The molecule has 0 radical (unpaired) electrons. The third-order valence-electron chi connectivity index (χ3n) is 2.43. The molecule has 6 nitrogen and oxygen atoms in total. The van der Waals surface area contributed by atoms with E-state index in [4.69, 9.17) is 10.8 Å². The van der Waals surface area contributed by atoms with Gasteiger partial charge in [0.25, 0.3) is 5.91 Å². The summed E-state index contributed by atoms with van der Waals surface area (Å²) in [6, 6.07) is 3.53. The summed E-state index contributed by atoms with van der Waals surface area (Å²) in [6.07, 6.45) is -0.448. The van der Waals surface area contributed by atoms with Crippen LogP contribution in [0.25, 0.3) is 0 Å². The molecule has 2 amide bonds. The zero-order valence-corrected chi connectivity index (χ0v) is 11.7. The third kappa shape index (κ3) is 4.36. The highest BCUT2D eigenvalue weighted by atomic mass is 79.9. The first-order chi connectivity index (χ1) is 8.81. The number of carboxylic acid groups (broad SMARTS) is 1. The fourth-order valence-electron chi connectivity index (χ4n) is 1.43. The minimum Gasteiger partial charge on any atom is -0.480 e. The van der Waals surface area contributed by atoms with Crippen LogP contribution in [0.4, 0.5) is 0 Å². The van der Waals surface area contributed by atoms with Gasteiger partial charge in [-0.1, -0.05) is 15.9 Å². The predicted octanol–water partition coefficient (Wildman–Crippen LogP) is 0.816. The van der Waals surface area contributed by atoms with Crippen molar-refractivity contribution in [2.45, 2.75) is 19.4 Å². The number of carboxylic acids is 1. The summed E-state index contributed by atoms with van der Waals surface area (Å²) in [7, 11) is 0. The number of aryl methyl sites for hydroxylation is 1. The number of aliphatic carboxylic acids is 1. The molecule has 4 N–H and O–H groups in total. The minimum atomic E-state index is -1.33. The van der Waals surface area contributed by atoms with E-state index in [0.29, 0.717) is 5.56 Å². The van der Waals surface area contributed by atoms with Crippen LogP contribution in [0.15, 0.2) is 22.7 Å². The van der Waals surface area contributed by atoms with Crippen LogP contribution < -0.4 is 11.1 Å². The van der Waals surface area contributed by atoms with E-state index in [1.807, 2.05) is 0 Å². The number of benzene rings is 1. The van der Waals surface area contributed by atoms with Gasteiger partial charge in [-0.05, 0) is 30.7 Å². The maximum atomic E-state index is 11.9. The lowest BCUT2D eigenvalue weighted by atomic mass is 10.1. The Bertz CT molecular complexity index is 530. The van der Waals surface area contributed by atoms with Crippen molar-refractivity contribution in [1.82, 2.24) is 5.32 Å². The number of carbonyl (C=O) groups is 3. The molecule has 0 spiro atoms. The van der Waals surface area contributed by atoms with Crippen molar-refractivity contribution in [2.75, 3.05) is 0 Å². The molecule has 102 valence electrons. The molecule has 0 aliphatic rings. The molecule has 19 heavy (non-hydrogen) atoms. The van der Waals surface area contributed by atoms with Gasteiger partial charge in [-0.2, -0.15) is 0 Å². The van der Waals surface area contributed by atoms with Crippen molar-refractivity contribution in [3.05, 3.63) is 33.8 Å². The summed E-state index contributed by atoms with van der Waals surface area (Å²) in [5.41, 5.74) is 6.09. The van der Waals surface area contributed by atoms with Crippen LogP contribution in [0.2, 0.25) is 0 Å². The Kier molecular flexibility index (Phi) is 5.05. The molecular weight excluding hydrogens is 316 g/mol. The van der Waals surface area contributed by atoms with Crippen molar-refractivity contribution in [2.24, 2.45) is 5.73 Å². The molecule has 0 aliphatic carbocycles. The number of primary amides is 1. The van der Waals surface area contributed by atoms with Crippen molar-refractivity contribution >= 4 is 33.7 Å². The topological polar surface area (TPSA) is 109 Å². The largest absolute Gasteiger partial charge is 0.480 e. The van der Waals surface area contributed by atoms with Crippen molar-refractivity contribution < 1.29 is 19.5 Å². The Balaban J connectivity index is 2.84. The van der Waals surface area contributed by atoms with Gasteiger partial charge >= 0.3 is 5.97 Å². The summed E-state index contributed by atoms with van der Waals surface area (Å²) in [5.74, 6) is -2.66. The molecule has 0 aliphatic heterocycles. The molecule has 0 saturated carbocycles. The van der Waals surface area contributed by atoms with Crippen molar-refractivity contribution in [3.63, 3.8) is 0 Å². The average Bonchev–Trinajstić information content (AvgIpc) is 2.31. The van der Waals surface area contributed by atoms with Gasteiger partial charge in [0.15, 0.2) is 0 Å². The molecular formula is C12H13BrN2O4. The Labute approximate surface area is 118 Å². The van der Waals surface area contributed by atoms with Crippen LogP contribution in [0.5, 0.6) is 0 Å². The average molecular weight is 329 g/mol. The van der Waals surface area contributed by atoms with E-state index in [1.54, 1.807) is 25.1 Å². The number of rotatable bonds is 5. The van der Waals surface area contributed by atoms with E-state index in [9.17, 15) is 14.4 Å². The van der Waals surface area contributed by atoms with Crippen LogP contribution in [0.1, 0.15) is 22.3 Å². The van der Waals surface area contributed by atoms with Crippen molar-refractivity contribution in [3.8, 4) is 0 Å². The quantitative estimate of drug-likeness (QED) is 0.743. The number of hydrogen-bond acceptors (Lipinski definition) is 3. The van der Waals surface area contributed by atoms with Gasteiger partial charge in [0.1, 0.15) is 6.04 Å². The number of hydrogen-bond donors (Lipinski definition) is 3. The van der Waals surface area contributed by atoms with E-state index >= 15 is 0 Å². The van der Waals surface area contributed by atoms with Gasteiger partial charge in [-0.3, -0.25) is 9.59 Å². The van der Waals surface area contributed by atoms with E-state index < -0.39 is 30.2 Å². The van der Waals surface area contributed by atoms with Gasteiger partial charge < -0.3 is 16.2 Å². The maximum Gasteiger partial charge on any atom is 0.326 e. The normalized spacial score (nSPS) is 11.7. The van der Waals surface area contributed by atoms with E-state index in [1.165, 1.54) is 0 Å². The van der Waals surface area contributed by atoms with Crippen LogP contribution in [0, 0.1) is 6.92 Å². The fraction of sp³-hybridized carbons (Fsp3) is 0.250. The van der Waals surface area contributed by atoms with Crippen LogP contribution in [-0.2, 0) is 9.59 Å². The Morgan fingerprint density at radius 3 is 2.53 bits per heavy atom. The number of nitrogens with one attached hydrogen (secondary N) is 1. The third-order valence-corrected chi connectivity index (χ3v) is 3.32. The number of amides is 2. The van der Waals surface area contributed by atoms with E-state index in [-0.39, 0.29) is 0 Å². The summed E-state index contributed by atoms with van der Waals surface area (Å²) in [5, 5.41) is 11.1. The highest BCUT2D eigenvalue weighted by Gasteiger charge is 2.22. The van der Waals surface area contributed by atoms with Gasteiger partial charge in [-0.25, -0.2) is 4.79 Å². The van der Waals surface area contributed by atoms with Crippen molar-refractivity contribution in [1.29, 1.82) is 0 Å². The molecule has 0 heterocycles. The fourth-order valence-corrected chi connectivity index (χ4v) is 1.68. The predicted molar refractivity (Wildman–Crippen MR) is 71.6 cm³/mol. The zero-order valence-electron chi connectivity index (χ0n) is 10.1. The first kappa shape index (κ1) is 15.2. The number of nitrogens with two attached hydrogens (primary N) is 1. The summed E-state index contributed by atoms with van der Waals surface area (Å²) >= 11 is 3.30. The lowest BCUT2D eigenvalue weighted by Crippen LogP contribution is -2.43. The molecule has 1 atom stereocenters.